The third kappa shape index (κ3) is 4.21. The molecule has 1 heterocycles. The maximum atomic E-state index is 6.67. The number of fused-ring (bicyclic) bond motifs is 1. The Morgan fingerprint density at radius 2 is 1.97 bits per heavy atom. The lowest BCUT2D eigenvalue weighted by atomic mass is 9.68. The Kier molecular flexibility index (Phi) is 5.70. The van der Waals surface area contributed by atoms with Crippen LogP contribution in [-0.4, -0.2) is 34.1 Å². The van der Waals surface area contributed by atoms with Crippen LogP contribution in [0.1, 0.15) is 45.3 Å². The largest absolute Gasteiger partial charge is 0.380 e. The standard InChI is InChI=1S/C24H31N3O2/c1-17(19-10-9-18-7-5-6-8-20(18)13-19)29-22-11-12-24(2,3)23(28-4)21(22)14-27-16-25-15-26-27/h5-10,13,15-17,21-23H,11-12,14H2,1-4H3. The van der Waals surface area contributed by atoms with Gasteiger partial charge in [-0.3, -0.25) is 4.68 Å². The summed E-state index contributed by atoms with van der Waals surface area (Å²) in [5.74, 6) is 0.216. The molecule has 0 aliphatic heterocycles. The summed E-state index contributed by atoms with van der Waals surface area (Å²) in [6.07, 6.45) is 5.69. The van der Waals surface area contributed by atoms with E-state index in [1.54, 1.807) is 12.7 Å². The highest BCUT2D eigenvalue weighted by atomic mass is 16.5. The second-order valence-electron chi connectivity index (χ2n) is 8.89. The van der Waals surface area contributed by atoms with Gasteiger partial charge in [0.05, 0.1) is 24.9 Å². The number of ether oxygens (including phenoxy) is 2. The van der Waals surface area contributed by atoms with Gasteiger partial charge in [0.25, 0.3) is 0 Å². The van der Waals surface area contributed by atoms with Crippen LogP contribution >= 0.6 is 0 Å². The minimum Gasteiger partial charge on any atom is -0.380 e. The molecule has 1 aliphatic carbocycles. The van der Waals surface area contributed by atoms with Gasteiger partial charge >= 0.3 is 0 Å². The molecule has 29 heavy (non-hydrogen) atoms. The Labute approximate surface area is 173 Å². The van der Waals surface area contributed by atoms with Gasteiger partial charge in [0.15, 0.2) is 0 Å². The monoisotopic (exact) mass is 393 g/mol. The van der Waals surface area contributed by atoms with Gasteiger partial charge in [-0.05, 0) is 47.6 Å². The molecule has 1 aromatic heterocycles. The lowest BCUT2D eigenvalue weighted by Crippen LogP contribution is -2.50. The fraction of sp³-hybridized carbons (Fsp3) is 0.500. The van der Waals surface area contributed by atoms with Crippen molar-refractivity contribution in [2.75, 3.05) is 7.11 Å². The van der Waals surface area contributed by atoms with Gasteiger partial charge < -0.3 is 9.47 Å². The lowest BCUT2D eigenvalue weighted by molar-refractivity contribution is -0.151. The Bertz CT molecular complexity index is 938. The molecule has 2 aromatic carbocycles. The van der Waals surface area contributed by atoms with Crippen molar-refractivity contribution in [2.24, 2.45) is 11.3 Å². The molecule has 0 saturated heterocycles. The molecule has 1 saturated carbocycles. The van der Waals surface area contributed by atoms with E-state index in [0.29, 0.717) is 0 Å². The van der Waals surface area contributed by atoms with Gasteiger partial charge in [-0.1, -0.05) is 50.2 Å². The Morgan fingerprint density at radius 3 is 2.69 bits per heavy atom. The summed E-state index contributed by atoms with van der Waals surface area (Å²) in [6, 6.07) is 15.1. The average Bonchev–Trinajstić information content (AvgIpc) is 3.23. The minimum absolute atomic E-state index is 0.0153. The predicted molar refractivity (Wildman–Crippen MR) is 115 cm³/mol. The van der Waals surface area contributed by atoms with E-state index in [1.165, 1.54) is 16.3 Å². The molecule has 4 rings (SSSR count). The van der Waals surface area contributed by atoms with E-state index in [2.05, 4.69) is 73.3 Å². The SMILES string of the molecule is COC1C(Cn2cncn2)C(OC(C)c2ccc3ccccc3c2)CCC1(C)C. The molecule has 0 bridgehead atoms. The molecule has 0 spiro atoms. The lowest BCUT2D eigenvalue weighted by Gasteiger charge is -2.47. The number of hydrogen-bond acceptors (Lipinski definition) is 4. The second kappa shape index (κ2) is 8.25. The van der Waals surface area contributed by atoms with Crippen LogP contribution in [-0.2, 0) is 16.0 Å². The first-order chi connectivity index (χ1) is 14.0. The first-order valence-electron chi connectivity index (χ1n) is 10.5. The van der Waals surface area contributed by atoms with Gasteiger partial charge in [-0.25, -0.2) is 4.98 Å². The van der Waals surface area contributed by atoms with Crippen molar-refractivity contribution in [2.45, 2.75) is 58.5 Å². The third-order valence-electron chi connectivity index (χ3n) is 6.45. The van der Waals surface area contributed by atoms with E-state index in [-0.39, 0.29) is 29.6 Å². The molecule has 1 fully saturated rings. The first kappa shape index (κ1) is 20.0. The smallest absolute Gasteiger partial charge is 0.137 e. The van der Waals surface area contributed by atoms with Gasteiger partial charge in [-0.15, -0.1) is 0 Å². The zero-order valence-corrected chi connectivity index (χ0v) is 17.8. The summed E-state index contributed by atoms with van der Waals surface area (Å²) in [6.45, 7) is 7.48. The fourth-order valence-electron chi connectivity index (χ4n) is 4.87. The number of rotatable bonds is 6. The van der Waals surface area contributed by atoms with E-state index in [9.17, 15) is 0 Å². The number of hydrogen-bond donors (Lipinski definition) is 0. The van der Waals surface area contributed by atoms with Crippen molar-refractivity contribution in [3.05, 3.63) is 60.7 Å². The molecule has 5 heteroatoms. The highest BCUT2D eigenvalue weighted by Crippen LogP contribution is 2.43. The van der Waals surface area contributed by atoms with E-state index >= 15 is 0 Å². The van der Waals surface area contributed by atoms with Crippen LogP contribution in [0.4, 0.5) is 0 Å². The summed E-state index contributed by atoms with van der Waals surface area (Å²) in [5, 5.41) is 6.83. The molecule has 1 aliphatic rings. The fourth-order valence-corrected chi connectivity index (χ4v) is 4.87. The molecule has 4 unspecified atom stereocenters. The maximum absolute atomic E-state index is 6.67. The van der Waals surface area contributed by atoms with E-state index in [0.717, 1.165) is 19.4 Å². The van der Waals surface area contributed by atoms with Gasteiger partial charge in [0, 0.05) is 13.0 Å². The number of benzene rings is 2. The topological polar surface area (TPSA) is 49.2 Å². The summed E-state index contributed by atoms with van der Waals surface area (Å²) in [4.78, 5) is 4.11. The molecular weight excluding hydrogens is 362 g/mol. The summed E-state index contributed by atoms with van der Waals surface area (Å²) < 4.78 is 14.6. The first-order valence-corrected chi connectivity index (χ1v) is 10.5. The molecule has 154 valence electrons. The predicted octanol–water partition coefficient (Wildman–Crippen LogP) is 5.03. The maximum Gasteiger partial charge on any atom is 0.137 e. The van der Waals surface area contributed by atoms with Gasteiger partial charge in [0.2, 0.25) is 0 Å². The van der Waals surface area contributed by atoms with E-state index in [1.807, 2.05) is 11.8 Å². The quantitative estimate of drug-likeness (QED) is 0.589. The molecule has 0 N–H and O–H groups in total. The van der Waals surface area contributed by atoms with Crippen LogP contribution in [0.2, 0.25) is 0 Å². The number of aromatic nitrogens is 3. The Hall–Kier alpha value is -2.24. The third-order valence-corrected chi connectivity index (χ3v) is 6.45. The van der Waals surface area contributed by atoms with Crippen molar-refractivity contribution in [1.29, 1.82) is 0 Å². The Balaban J connectivity index is 1.56. The molecular formula is C24H31N3O2. The molecule has 5 nitrogen and oxygen atoms in total. The van der Waals surface area contributed by atoms with Crippen LogP contribution < -0.4 is 0 Å². The molecule has 4 atom stereocenters. The van der Waals surface area contributed by atoms with Crippen molar-refractivity contribution in [3.8, 4) is 0 Å². The van der Waals surface area contributed by atoms with Gasteiger partial charge in [-0.2, -0.15) is 5.10 Å². The van der Waals surface area contributed by atoms with Crippen LogP contribution in [0.25, 0.3) is 10.8 Å². The second-order valence-corrected chi connectivity index (χ2v) is 8.89. The molecule has 0 amide bonds. The average molecular weight is 394 g/mol. The summed E-state index contributed by atoms with van der Waals surface area (Å²) in [7, 11) is 1.82. The number of nitrogens with zero attached hydrogens (tertiary/aromatic N) is 3. The molecule has 0 radical (unpaired) electrons. The zero-order chi connectivity index (χ0) is 20.4. The van der Waals surface area contributed by atoms with E-state index < -0.39 is 0 Å². The zero-order valence-electron chi connectivity index (χ0n) is 17.8. The highest BCUT2D eigenvalue weighted by Gasteiger charge is 2.45. The van der Waals surface area contributed by atoms with Crippen LogP contribution in [0.5, 0.6) is 0 Å². The van der Waals surface area contributed by atoms with Crippen LogP contribution in [0, 0.1) is 11.3 Å². The number of methoxy groups -OCH3 is 1. The van der Waals surface area contributed by atoms with Crippen molar-refractivity contribution < 1.29 is 9.47 Å². The Morgan fingerprint density at radius 1 is 1.17 bits per heavy atom. The normalized spacial score (nSPS) is 25.2. The summed E-state index contributed by atoms with van der Waals surface area (Å²) >= 11 is 0. The van der Waals surface area contributed by atoms with E-state index in [4.69, 9.17) is 9.47 Å². The van der Waals surface area contributed by atoms with Crippen molar-refractivity contribution in [3.63, 3.8) is 0 Å². The van der Waals surface area contributed by atoms with Crippen molar-refractivity contribution >= 4 is 10.8 Å². The molecule has 3 aromatic rings. The van der Waals surface area contributed by atoms with Gasteiger partial charge in [0.1, 0.15) is 12.7 Å². The van der Waals surface area contributed by atoms with Crippen LogP contribution in [0.3, 0.4) is 0 Å². The minimum atomic E-state index is 0.0153. The highest BCUT2D eigenvalue weighted by molar-refractivity contribution is 5.83. The summed E-state index contributed by atoms with van der Waals surface area (Å²) in [5.41, 5.74) is 1.31. The van der Waals surface area contributed by atoms with Crippen LogP contribution in [0.15, 0.2) is 55.1 Å². The van der Waals surface area contributed by atoms with Crippen molar-refractivity contribution in [1.82, 2.24) is 14.8 Å².